The van der Waals surface area contributed by atoms with Crippen molar-refractivity contribution in [2.45, 2.75) is 20.0 Å². The first-order chi connectivity index (χ1) is 12.0. The fraction of sp³-hybridized carbons (Fsp3) is 0.214. The Bertz CT molecular complexity index is 1080. The van der Waals surface area contributed by atoms with Gasteiger partial charge in [-0.15, -0.1) is 10.2 Å². The van der Waals surface area contributed by atoms with Gasteiger partial charge in [-0.25, -0.2) is 9.61 Å². The van der Waals surface area contributed by atoms with Crippen LogP contribution in [0.25, 0.3) is 16.8 Å². The van der Waals surface area contributed by atoms with Crippen LogP contribution in [0.5, 0.6) is 5.88 Å². The number of anilines is 1. The molecule has 25 heavy (non-hydrogen) atoms. The molecule has 0 aromatic carbocycles. The molecular formula is C14H11F2N7O2. The number of rotatable bonds is 4. The van der Waals surface area contributed by atoms with Crippen molar-refractivity contribution in [3.05, 3.63) is 35.3 Å². The van der Waals surface area contributed by atoms with Crippen molar-refractivity contribution in [1.82, 2.24) is 29.9 Å². The van der Waals surface area contributed by atoms with Crippen molar-refractivity contribution in [3.63, 3.8) is 0 Å². The molecule has 0 bridgehead atoms. The Balaban J connectivity index is 1.80. The van der Waals surface area contributed by atoms with Crippen molar-refractivity contribution >= 4 is 22.5 Å². The molecule has 0 saturated heterocycles. The van der Waals surface area contributed by atoms with E-state index in [9.17, 15) is 8.78 Å². The third kappa shape index (κ3) is 2.49. The monoisotopic (exact) mass is 347 g/mol. The minimum atomic E-state index is -2.94. The van der Waals surface area contributed by atoms with Crippen LogP contribution in [-0.2, 0) is 6.42 Å². The summed E-state index contributed by atoms with van der Waals surface area (Å²) in [5.41, 5.74) is 9.73. The number of aryl methyl sites for hydroxylation is 1. The SMILES string of the molecule is Cc1nc2nonc2c(N)c1Cc1ccc(OC(F)F)n2cnnc12. The quantitative estimate of drug-likeness (QED) is 0.593. The molecule has 0 radical (unpaired) electrons. The predicted molar refractivity (Wildman–Crippen MR) is 81.2 cm³/mol. The van der Waals surface area contributed by atoms with Crippen molar-refractivity contribution in [2.24, 2.45) is 0 Å². The Morgan fingerprint density at radius 1 is 1.32 bits per heavy atom. The van der Waals surface area contributed by atoms with Gasteiger partial charge in [0.05, 0.1) is 5.69 Å². The molecule has 0 saturated carbocycles. The van der Waals surface area contributed by atoms with E-state index < -0.39 is 6.61 Å². The summed E-state index contributed by atoms with van der Waals surface area (Å²) in [5, 5.41) is 15.2. The van der Waals surface area contributed by atoms with Crippen LogP contribution in [-0.4, -0.2) is 36.5 Å². The van der Waals surface area contributed by atoms with Crippen LogP contribution < -0.4 is 10.5 Å². The average molecular weight is 347 g/mol. The van der Waals surface area contributed by atoms with Gasteiger partial charge in [0.2, 0.25) is 11.5 Å². The normalized spacial score (nSPS) is 11.7. The van der Waals surface area contributed by atoms with E-state index >= 15 is 0 Å². The molecule has 4 heterocycles. The highest BCUT2D eigenvalue weighted by molar-refractivity contribution is 5.85. The molecule has 11 heteroatoms. The zero-order valence-corrected chi connectivity index (χ0v) is 12.8. The highest BCUT2D eigenvalue weighted by atomic mass is 19.3. The number of hydrogen-bond acceptors (Lipinski definition) is 8. The molecule has 4 rings (SSSR count). The highest BCUT2D eigenvalue weighted by Crippen LogP contribution is 2.28. The largest absolute Gasteiger partial charge is 0.418 e. The summed E-state index contributed by atoms with van der Waals surface area (Å²) >= 11 is 0. The van der Waals surface area contributed by atoms with Crippen LogP contribution in [0.3, 0.4) is 0 Å². The molecule has 9 nitrogen and oxygen atoms in total. The number of ether oxygens (including phenoxy) is 1. The highest BCUT2D eigenvalue weighted by Gasteiger charge is 2.18. The molecule has 0 fully saturated rings. The number of fused-ring (bicyclic) bond motifs is 2. The van der Waals surface area contributed by atoms with E-state index in [-0.39, 0.29) is 5.88 Å². The van der Waals surface area contributed by atoms with Crippen LogP contribution >= 0.6 is 0 Å². The summed E-state index contributed by atoms with van der Waals surface area (Å²) in [5.74, 6) is -0.0577. The third-order valence-corrected chi connectivity index (χ3v) is 3.84. The van der Waals surface area contributed by atoms with Crippen molar-refractivity contribution in [3.8, 4) is 5.88 Å². The Hall–Kier alpha value is -3.37. The number of nitrogens with two attached hydrogens (primary N) is 1. The number of alkyl halides is 2. The zero-order valence-electron chi connectivity index (χ0n) is 12.8. The first-order valence-corrected chi connectivity index (χ1v) is 7.18. The van der Waals surface area contributed by atoms with Crippen molar-refractivity contribution in [1.29, 1.82) is 0 Å². The number of hydrogen-bond donors (Lipinski definition) is 1. The second-order valence-electron chi connectivity index (χ2n) is 5.30. The van der Waals surface area contributed by atoms with Crippen LogP contribution in [0.4, 0.5) is 14.5 Å². The van der Waals surface area contributed by atoms with Gasteiger partial charge in [0.25, 0.3) is 0 Å². The van der Waals surface area contributed by atoms with Crippen molar-refractivity contribution < 1.29 is 18.1 Å². The summed E-state index contributed by atoms with van der Waals surface area (Å²) in [4.78, 5) is 4.30. The number of nitrogens with zero attached hydrogens (tertiary/aromatic N) is 6. The Labute approximate surface area is 138 Å². The van der Waals surface area contributed by atoms with E-state index in [1.807, 2.05) is 0 Å². The Morgan fingerprint density at radius 2 is 2.16 bits per heavy atom. The average Bonchev–Trinajstić information content (AvgIpc) is 3.21. The van der Waals surface area contributed by atoms with Gasteiger partial charge in [-0.3, -0.25) is 4.40 Å². The molecule has 0 aliphatic carbocycles. The predicted octanol–water partition coefficient (Wildman–Crippen LogP) is 1.74. The summed E-state index contributed by atoms with van der Waals surface area (Å²) < 4.78 is 35.5. The van der Waals surface area contributed by atoms with E-state index in [0.29, 0.717) is 40.2 Å². The van der Waals surface area contributed by atoms with Crippen LogP contribution in [0.15, 0.2) is 23.1 Å². The van der Waals surface area contributed by atoms with E-state index in [4.69, 9.17) is 5.73 Å². The minimum Gasteiger partial charge on any atom is -0.418 e. The number of nitrogen functional groups attached to an aromatic ring is 1. The second-order valence-corrected chi connectivity index (χ2v) is 5.30. The van der Waals surface area contributed by atoms with Gasteiger partial charge in [-0.1, -0.05) is 0 Å². The molecule has 0 spiro atoms. The summed E-state index contributed by atoms with van der Waals surface area (Å²) in [7, 11) is 0. The van der Waals surface area contributed by atoms with Gasteiger partial charge in [-0.2, -0.15) is 8.78 Å². The zero-order chi connectivity index (χ0) is 17.6. The lowest BCUT2D eigenvalue weighted by molar-refractivity contribution is -0.0536. The number of halogens is 2. The second kappa shape index (κ2) is 5.61. The van der Waals surface area contributed by atoms with Gasteiger partial charge in [0.15, 0.2) is 11.2 Å². The van der Waals surface area contributed by atoms with Crippen LogP contribution in [0.2, 0.25) is 0 Å². The van der Waals surface area contributed by atoms with Gasteiger partial charge in [0.1, 0.15) is 6.33 Å². The Morgan fingerprint density at radius 3 is 2.96 bits per heavy atom. The third-order valence-electron chi connectivity index (χ3n) is 3.84. The topological polar surface area (TPSA) is 117 Å². The minimum absolute atomic E-state index is 0.0577. The van der Waals surface area contributed by atoms with Gasteiger partial charge in [-0.05, 0) is 29.4 Å². The molecule has 0 atom stereocenters. The van der Waals surface area contributed by atoms with E-state index in [1.165, 1.54) is 16.8 Å². The summed E-state index contributed by atoms with van der Waals surface area (Å²) in [6.07, 6.45) is 1.65. The van der Waals surface area contributed by atoms with Crippen LogP contribution in [0, 0.1) is 6.92 Å². The maximum absolute atomic E-state index is 12.5. The molecule has 4 aromatic rings. The first-order valence-electron chi connectivity index (χ1n) is 7.18. The lowest BCUT2D eigenvalue weighted by atomic mass is 10.0. The smallest absolute Gasteiger partial charge is 0.388 e. The fourth-order valence-electron chi connectivity index (χ4n) is 2.67. The fourth-order valence-corrected chi connectivity index (χ4v) is 2.67. The molecule has 0 aliphatic rings. The molecule has 2 N–H and O–H groups in total. The standard InChI is InChI=1S/C14H11F2N7O2/c1-6-8(10(17)11-12(19-6)22-25-21-11)4-7-2-3-9(24-14(15)16)23-5-18-20-13(7)23/h2-3,5,14H,4,17H2,1H3. The molecular weight excluding hydrogens is 336 g/mol. The van der Waals surface area contributed by atoms with Gasteiger partial charge in [0, 0.05) is 23.2 Å². The Kier molecular flexibility index (Phi) is 3.41. The maximum Gasteiger partial charge on any atom is 0.388 e. The van der Waals surface area contributed by atoms with E-state index in [2.05, 4.69) is 34.9 Å². The van der Waals surface area contributed by atoms with Crippen LogP contribution in [0.1, 0.15) is 16.8 Å². The summed E-state index contributed by atoms with van der Waals surface area (Å²) in [6, 6.07) is 3.05. The number of aromatic nitrogens is 6. The maximum atomic E-state index is 12.5. The molecule has 0 aliphatic heterocycles. The van der Waals surface area contributed by atoms with Crippen molar-refractivity contribution in [2.75, 3.05) is 5.73 Å². The first kappa shape index (κ1) is 15.2. The lowest BCUT2D eigenvalue weighted by Gasteiger charge is -2.11. The number of pyridine rings is 2. The summed E-state index contributed by atoms with van der Waals surface area (Å²) in [6.45, 7) is -1.16. The molecule has 0 unspecified atom stereocenters. The molecule has 128 valence electrons. The van der Waals surface area contributed by atoms with Gasteiger partial charge >= 0.3 is 6.61 Å². The molecule has 0 amide bonds. The van der Waals surface area contributed by atoms with Gasteiger partial charge < -0.3 is 10.5 Å². The molecule has 4 aromatic heterocycles. The van der Waals surface area contributed by atoms with E-state index in [1.54, 1.807) is 13.0 Å². The van der Waals surface area contributed by atoms with E-state index in [0.717, 1.165) is 5.56 Å². The lowest BCUT2D eigenvalue weighted by Crippen LogP contribution is -2.07.